The second kappa shape index (κ2) is 6.31. The van der Waals surface area contributed by atoms with Gasteiger partial charge in [0.15, 0.2) is 24.9 Å². The van der Waals surface area contributed by atoms with Gasteiger partial charge in [-0.15, -0.1) is 8.61 Å². The second-order valence-corrected chi connectivity index (χ2v) is 10.8. The number of hydrogen-bond acceptors (Lipinski definition) is 8. The van der Waals surface area contributed by atoms with Crippen molar-refractivity contribution in [1.29, 1.82) is 0 Å². The van der Waals surface area contributed by atoms with Crippen LogP contribution in [0.15, 0.2) is 70.5 Å². The van der Waals surface area contributed by atoms with Crippen molar-refractivity contribution in [2.24, 2.45) is 0 Å². The van der Waals surface area contributed by atoms with E-state index in [1.54, 1.807) is 36.4 Å². The second-order valence-electron chi connectivity index (χ2n) is 7.14. The van der Waals surface area contributed by atoms with Crippen molar-refractivity contribution < 1.29 is 35.8 Å². The lowest BCUT2D eigenvalue weighted by Crippen LogP contribution is -2.63. The first-order chi connectivity index (χ1) is 14.4. The molecule has 10 nitrogen and oxygen atoms in total. The topological polar surface area (TPSA) is 112 Å². The van der Waals surface area contributed by atoms with Crippen molar-refractivity contribution >= 4 is 20.0 Å². The van der Waals surface area contributed by atoms with Crippen LogP contribution in [-0.2, 0) is 39.0 Å². The molecule has 158 valence electrons. The summed E-state index contributed by atoms with van der Waals surface area (Å²) in [7, 11) is -8.17. The van der Waals surface area contributed by atoms with Crippen LogP contribution in [0.25, 0.3) is 0 Å². The summed E-state index contributed by atoms with van der Waals surface area (Å²) in [6, 6.07) is 15.6. The molecule has 12 heteroatoms. The van der Waals surface area contributed by atoms with Gasteiger partial charge < -0.3 is 18.9 Å². The molecule has 2 aromatic rings. The molecule has 30 heavy (non-hydrogen) atoms. The number of sulfonamides is 2. The molecule has 5 aliphatic rings. The third kappa shape index (κ3) is 2.44. The highest BCUT2D eigenvalue weighted by molar-refractivity contribution is 7.89. The highest BCUT2D eigenvalue weighted by atomic mass is 32.2. The normalized spacial score (nSPS) is 35.7. The Balaban J connectivity index is 1.47. The van der Waals surface area contributed by atoms with Crippen LogP contribution in [0.3, 0.4) is 0 Å². The highest BCUT2D eigenvalue weighted by Gasteiger charge is 2.70. The molecule has 2 aromatic carbocycles. The number of nitrogens with zero attached hydrogens (tertiary/aromatic N) is 2. The minimum absolute atomic E-state index is 0.0280. The van der Waals surface area contributed by atoms with Gasteiger partial charge in [-0.25, -0.2) is 16.8 Å². The van der Waals surface area contributed by atoms with E-state index in [0.29, 0.717) is 0 Å². The van der Waals surface area contributed by atoms with Crippen molar-refractivity contribution in [1.82, 2.24) is 8.61 Å². The third-order valence-corrected chi connectivity index (χ3v) is 9.12. The van der Waals surface area contributed by atoms with E-state index in [-0.39, 0.29) is 9.79 Å². The molecule has 6 bridgehead atoms. The molecule has 0 spiro atoms. The van der Waals surface area contributed by atoms with Gasteiger partial charge in [-0.1, -0.05) is 36.4 Å². The molecule has 6 atom stereocenters. The van der Waals surface area contributed by atoms with Crippen LogP contribution in [-0.4, -0.2) is 62.9 Å². The molecule has 0 radical (unpaired) electrons. The molecule has 0 N–H and O–H groups in total. The molecule has 0 aromatic heterocycles. The Morgan fingerprint density at radius 1 is 0.533 bits per heavy atom. The van der Waals surface area contributed by atoms with Gasteiger partial charge in [0.2, 0.25) is 32.6 Å². The maximum absolute atomic E-state index is 13.4. The average Bonchev–Trinajstić information content (AvgIpc) is 3.25. The zero-order valence-corrected chi connectivity index (χ0v) is 16.8. The molecule has 7 rings (SSSR count). The summed E-state index contributed by atoms with van der Waals surface area (Å²) in [6.07, 6.45) is -6.88. The first kappa shape index (κ1) is 18.8. The first-order valence-electron chi connectivity index (χ1n) is 9.18. The van der Waals surface area contributed by atoms with Gasteiger partial charge in [0, 0.05) is 0 Å². The predicted molar refractivity (Wildman–Crippen MR) is 98.0 cm³/mol. The summed E-state index contributed by atoms with van der Waals surface area (Å²) < 4.78 is 78.6. The summed E-state index contributed by atoms with van der Waals surface area (Å²) >= 11 is 0. The predicted octanol–water partition coefficient (Wildman–Crippen LogP) is 0.446. The van der Waals surface area contributed by atoms with Crippen LogP contribution in [0.2, 0.25) is 0 Å². The van der Waals surface area contributed by atoms with E-state index in [1.165, 1.54) is 24.3 Å². The Bertz CT molecular complexity index is 1190. The molecule has 5 heterocycles. The lowest BCUT2D eigenvalue weighted by Gasteiger charge is -2.41. The summed E-state index contributed by atoms with van der Waals surface area (Å²) in [5, 5.41) is 0. The molecule has 5 saturated heterocycles. The SMILES string of the molecule is O=S(=O)(c1ccccc1)N1C2OC3C1OC1OC2OC1N3S(=O)(=O)c1ccccc1. The highest BCUT2D eigenvalue weighted by Crippen LogP contribution is 2.49. The first-order valence-corrected chi connectivity index (χ1v) is 12.1. The molecule has 6 unspecified atom stereocenters. The van der Waals surface area contributed by atoms with Crippen LogP contribution < -0.4 is 0 Å². The Labute approximate surface area is 172 Å². The molecular weight excluding hydrogens is 436 g/mol. The Kier molecular flexibility index (Phi) is 3.96. The lowest BCUT2D eigenvalue weighted by molar-refractivity contribution is -0.261. The van der Waals surface area contributed by atoms with Gasteiger partial charge in [-0.05, 0) is 24.3 Å². The lowest BCUT2D eigenvalue weighted by atomic mass is 10.3. The van der Waals surface area contributed by atoms with E-state index in [9.17, 15) is 16.8 Å². The zero-order valence-electron chi connectivity index (χ0n) is 15.2. The number of morpholine rings is 1. The van der Waals surface area contributed by atoms with Gasteiger partial charge in [0.1, 0.15) is 0 Å². The Morgan fingerprint density at radius 2 is 0.933 bits per heavy atom. The van der Waals surface area contributed by atoms with E-state index < -0.39 is 57.5 Å². The van der Waals surface area contributed by atoms with Gasteiger partial charge >= 0.3 is 0 Å². The van der Waals surface area contributed by atoms with Crippen molar-refractivity contribution in [2.45, 2.75) is 47.3 Å². The molecular formula is C18H16N2O8S2. The largest absolute Gasteiger partial charge is 0.333 e. The number of hydrogen-bond donors (Lipinski definition) is 0. The van der Waals surface area contributed by atoms with E-state index >= 15 is 0 Å². The molecule has 5 fully saturated rings. The summed E-state index contributed by atoms with van der Waals surface area (Å²) in [6.45, 7) is 0. The quantitative estimate of drug-likeness (QED) is 0.657. The number of benzene rings is 2. The van der Waals surface area contributed by atoms with Gasteiger partial charge in [-0.2, -0.15) is 0 Å². The van der Waals surface area contributed by atoms with Crippen LogP contribution in [0.5, 0.6) is 0 Å². The molecule has 0 saturated carbocycles. The van der Waals surface area contributed by atoms with Crippen LogP contribution in [0.4, 0.5) is 0 Å². The zero-order chi connectivity index (χ0) is 20.7. The minimum Gasteiger partial charge on any atom is -0.333 e. The monoisotopic (exact) mass is 452 g/mol. The van der Waals surface area contributed by atoms with Crippen LogP contribution in [0.1, 0.15) is 0 Å². The van der Waals surface area contributed by atoms with Crippen molar-refractivity contribution in [3.05, 3.63) is 60.7 Å². The fraction of sp³-hybridized carbons (Fsp3) is 0.333. The van der Waals surface area contributed by atoms with Crippen molar-refractivity contribution in [3.8, 4) is 0 Å². The van der Waals surface area contributed by atoms with Crippen molar-refractivity contribution in [2.75, 3.05) is 0 Å². The fourth-order valence-electron chi connectivity index (χ4n) is 4.14. The van der Waals surface area contributed by atoms with E-state index in [0.717, 1.165) is 8.61 Å². The Morgan fingerprint density at radius 3 is 1.43 bits per heavy atom. The smallest absolute Gasteiger partial charge is 0.247 e. The van der Waals surface area contributed by atoms with Gasteiger partial charge in [-0.3, -0.25) is 0 Å². The van der Waals surface area contributed by atoms with E-state index in [2.05, 4.69) is 0 Å². The van der Waals surface area contributed by atoms with Crippen LogP contribution in [0, 0.1) is 0 Å². The van der Waals surface area contributed by atoms with Gasteiger partial charge in [0.25, 0.3) is 0 Å². The number of ether oxygens (including phenoxy) is 4. The maximum Gasteiger partial charge on any atom is 0.247 e. The summed E-state index contributed by atoms with van der Waals surface area (Å²) in [5.41, 5.74) is 0. The minimum atomic E-state index is -4.09. The molecule has 0 aliphatic carbocycles. The van der Waals surface area contributed by atoms with E-state index in [1.807, 2.05) is 0 Å². The van der Waals surface area contributed by atoms with Crippen LogP contribution >= 0.6 is 0 Å². The Hall–Kier alpha value is -1.90. The van der Waals surface area contributed by atoms with E-state index in [4.69, 9.17) is 18.9 Å². The van der Waals surface area contributed by atoms with Crippen molar-refractivity contribution in [3.63, 3.8) is 0 Å². The molecule has 5 aliphatic heterocycles. The third-order valence-electron chi connectivity index (χ3n) is 5.44. The standard InChI is InChI=1S/C18H16N2O8S2/c21-29(22,11-7-3-1-4-8-11)19-13-14-20(30(23,24)12-9-5-2-6-10-12)15(25-13)17-27-16(19)18(26-14)28-17/h1-10,13-18H. The molecule has 0 amide bonds. The summed E-state index contributed by atoms with van der Waals surface area (Å²) in [4.78, 5) is 0.0584. The maximum atomic E-state index is 13.4. The fourth-order valence-corrected chi connectivity index (χ4v) is 7.33. The average molecular weight is 452 g/mol. The number of rotatable bonds is 4. The van der Waals surface area contributed by atoms with Gasteiger partial charge in [0.05, 0.1) is 9.79 Å². The summed E-state index contributed by atoms with van der Waals surface area (Å²) in [5.74, 6) is 0.